The molecule has 0 saturated heterocycles. The van der Waals surface area contributed by atoms with E-state index in [0.29, 0.717) is 25.6 Å². The van der Waals surface area contributed by atoms with E-state index in [1.165, 1.54) is 10.9 Å². The predicted molar refractivity (Wildman–Crippen MR) is 134 cm³/mol. The third kappa shape index (κ3) is 3.68. The highest BCUT2D eigenvalue weighted by Crippen LogP contribution is 2.32. The Hall–Kier alpha value is -4.16. The van der Waals surface area contributed by atoms with Crippen molar-refractivity contribution in [2.75, 3.05) is 6.61 Å². The number of benzene rings is 3. The van der Waals surface area contributed by atoms with E-state index < -0.39 is 0 Å². The molecule has 0 aliphatic carbocycles. The smallest absolute Gasteiger partial charge is 0.248 e. The fourth-order valence-corrected chi connectivity index (χ4v) is 4.42. The largest absolute Gasteiger partial charge is 0.437 e. The SMILES string of the molecule is Cn1c(COCCn2cnc3c(Oc4ccccc4)nc4ccccc4c32)cc2ccccc21. The highest BCUT2D eigenvalue weighted by atomic mass is 16.5. The number of hydrogen-bond donors (Lipinski definition) is 0. The van der Waals surface area contributed by atoms with Crippen molar-refractivity contribution in [3.05, 3.63) is 97.0 Å². The van der Waals surface area contributed by atoms with Gasteiger partial charge in [0.15, 0.2) is 5.52 Å². The lowest BCUT2D eigenvalue weighted by Crippen LogP contribution is -2.07. The summed E-state index contributed by atoms with van der Waals surface area (Å²) in [7, 11) is 2.08. The fraction of sp³-hybridized carbons (Fsp3) is 0.143. The predicted octanol–water partition coefficient (Wildman–Crippen LogP) is 6.09. The monoisotopic (exact) mass is 448 g/mol. The van der Waals surface area contributed by atoms with Crippen LogP contribution >= 0.6 is 0 Å². The normalized spacial score (nSPS) is 11.6. The van der Waals surface area contributed by atoms with Gasteiger partial charge in [-0.05, 0) is 35.7 Å². The Labute approximate surface area is 197 Å². The van der Waals surface area contributed by atoms with Crippen molar-refractivity contribution in [3.63, 3.8) is 0 Å². The Balaban J connectivity index is 1.26. The van der Waals surface area contributed by atoms with Crippen molar-refractivity contribution in [1.29, 1.82) is 0 Å². The van der Waals surface area contributed by atoms with Gasteiger partial charge in [0.25, 0.3) is 0 Å². The number of hydrogen-bond acceptors (Lipinski definition) is 4. The summed E-state index contributed by atoms with van der Waals surface area (Å²) >= 11 is 0. The Kier molecular flexibility index (Phi) is 5.20. The second-order valence-electron chi connectivity index (χ2n) is 8.29. The summed E-state index contributed by atoms with van der Waals surface area (Å²) < 4.78 is 16.5. The standard InChI is InChI=1S/C28H24N4O2/c1-31-21(17-20-9-5-8-14-25(20)31)18-33-16-15-32-19-29-26-27(32)23-12-6-7-13-24(23)30-28(26)34-22-10-3-2-4-11-22/h2-14,17,19H,15-16,18H2,1H3. The minimum absolute atomic E-state index is 0.509. The van der Waals surface area contributed by atoms with E-state index in [1.807, 2.05) is 54.9 Å². The number of ether oxygens (including phenoxy) is 2. The molecule has 0 bridgehead atoms. The second kappa shape index (κ2) is 8.65. The van der Waals surface area contributed by atoms with Crippen LogP contribution in [0.4, 0.5) is 0 Å². The zero-order valence-corrected chi connectivity index (χ0v) is 18.9. The van der Waals surface area contributed by atoms with Crippen LogP contribution in [0.1, 0.15) is 5.69 Å². The van der Waals surface area contributed by atoms with Crippen LogP contribution in [0.3, 0.4) is 0 Å². The number of aryl methyl sites for hydroxylation is 1. The van der Waals surface area contributed by atoms with E-state index in [2.05, 4.69) is 57.6 Å². The molecule has 0 unspecified atom stereocenters. The average Bonchev–Trinajstić information content (AvgIpc) is 3.44. The first-order valence-electron chi connectivity index (χ1n) is 11.4. The van der Waals surface area contributed by atoms with Gasteiger partial charge in [-0.25, -0.2) is 9.97 Å². The highest BCUT2D eigenvalue weighted by molar-refractivity contribution is 6.04. The quantitative estimate of drug-likeness (QED) is 0.278. The molecule has 6 heteroatoms. The highest BCUT2D eigenvalue weighted by Gasteiger charge is 2.16. The molecule has 0 saturated carbocycles. The van der Waals surface area contributed by atoms with Crippen molar-refractivity contribution >= 4 is 32.8 Å². The fourth-order valence-electron chi connectivity index (χ4n) is 4.42. The molecule has 6 aromatic rings. The first kappa shape index (κ1) is 20.4. The lowest BCUT2D eigenvalue weighted by atomic mass is 10.2. The Morgan fingerprint density at radius 2 is 1.68 bits per heavy atom. The number of rotatable bonds is 7. The molecule has 0 aliphatic rings. The van der Waals surface area contributed by atoms with Crippen LogP contribution in [0, 0.1) is 0 Å². The van der Waals surface area contributed by atoms with Crippen molar-refractivity contribution in [2.24, 2.45) is 7.05 Å². The summed E-state index contributed by atoms with van der Waals surface area (Å²) in [6.07, 6.45) is 1.84. The lowest BCUT2D eigenvalue weighted by molar-refractivity contribution is 0.110. The van der Waals surface area contributed by atoms with E-state index in [9.17, 15) is 0 Å². The van der Waals surface area contributed by atoms with E-state index in [1.54, 1.807) is 0 Å². The summed E-state index contributed by atoms with van der Waals surface area (Å²) in [5.41, 5.74) is 5.00. The lowest BCUT2D eigenvalue weighted by Gasteiger charge is -2.11. The van der Waals surface area contributed by atoms with E-state index in [0.717, 1.165) is 33.4 Å². The Morgan fingerprint density at radius 1 is 0.882 bits per heavy atom. The van der Waals surface area contributed by atoms with Gasteiger partial charge >= 0.3 is 0 Å². The Bertz CT molecular complexity index is 1600. The van der Waals surface area contributed by atoms with E-state index >= 15 is 0 Å². The number of imidazole rings is 1. The molecule has 0 radical (unpaired) electrons. The van der Waals surface area contributed by atoms with Gasteiger partial charge in [-0.2, -0.15) is 0 Å². The molecule has 0 N–H and O–H groups in total. The molecular weight excluding hydrogens is 424 g/mol. The van der Waals surface area contributed by atoms with Crippen molar-refractivity contribution < 1.29 is 9.47 Å². The summed E-state index contributed by atoms with van der Waals surface area (Å²) in [6, 6.07) is 28.3. The van der Waals surface area contributed by atoms with Gasteiger partial charge in [0, 0.05) is 30.2 Å². The van der Waals surface area contributed by atoms with Crippen LogP contribution in [-0.2, 0) is 24.9 Å². The summed E-state index contributed by atoms with van der Waals surface area (Å²) in [5.74, 6) is 1.24. The van der Waals surface area contributed by atoms with E-state index in [4.69, 9.17) is 14.5 Å². The minimum atomic E-state index is 0.509. The number of nitrogens with zero attached hydrogens (tertiary/aromatic N) is 4. The number of aromatic nitrogens is 4. The van der Waals surface area contributed by atoms with Crippen molar-refractivity contribution in [1.82, 2.24) is 19.1 Å². The maximum absolute atomic E-state index is 6.12. The van der Waals surface area contributed by atoms with Crippen LogP contribution in [0.2, 0.25) is 0 Å². The first-order chi connectivity index (χ1) is 16.8. The molecule has 3 heterocycles. The van der Waals surface area contributed by atoms with Crippen LogP contribution < -0.4 is 4.74 Å². The van der Waals surface area contributed by atoms with Gasteiger partial charge in [-0.3, -0.25) is 0 Å². The van der Waals surface area contributed by atoms with Gasteiger partial charge in [-0.1, -0.05) is 54.6 Å². The average molecular weight is 449 g/mol. The second-order valence-corrected chi connectivity index (χ2v) is 8.29. The minimum Gasteiger partial charge on any atom is -0.437 e. The maximum Gasteiger partial charge on any atom is 0.248 e. The molecule has 0 amide bonds. The van der Waals surface area contributed by atoms with Gasteiger partial charge in [0.2, 0.25) is 5.88 Å². The molecule has 0 fully saturated rings. The number of fused-ring (bicyclic) bond motifs is 4. The molecule has 6 nitrogen and oxygen atoms in total. The van der Waals surface area contributed by atoms with Gasteiger partial charge in [0.05, 0.1) is 30.6 Å². The molecular formula is C28H24N4O2. The third-order valence-corrected chi connectivity index (χ3v) is 6.16. The maximum atomic E-state index is 6.12. The van der Waals surface area contributed by atoms with Gasteiger partial charge in [0.1, 0.15) is 5.75 Å². The van der Waals surface area contributed by atoms with E-state index in [-0.39, 0.29) is 0 Å². The van der Waals surface area contributed by atoms with Gasteiger partial charge in [-0.15, -0.1) is 0 Å². The first-order valence-corrected chi connectivity index (χ1v) is 11.4. The number of para-hydroxylation sites is 3. The summed E-state index contributed by atoms with van der Waals surface area (Å²) in [4.78, 5) is 9.41. The summed E-state index contributed by atoms with van der Waals surface area (Å²) in [6.45, 7) is 1.81. The molecule has 0 atom stereocenters. The number of pyridine rings is 1. The molecule has 3 aromatic heterocycles. The molecule has 6 rings (SSSR count). The molecule has 34 heavy (non-hydrogen) atoms. The molecule has 3 aromatic carbocycles. The van der Waals surface area contributed by atoms with Crippen LogP contribution in [0.25, 0.3) is 32.8 Å². The van der Waals surface area contributed by atoms with Crippen LogP contribution in [-0.4, -0.2) is 25.7 Å². The van der Waals surface area contributed by atoms with Crippen LogP contribution in [0.5, 0.6) is 11.6 Å². The third-order valence-electron chi connectivity index (χ3n) is 6.16. The Morgan fingerprint density at radius 3 is 2.56 bits per heavy atom. The summed E-state index contributed by atoms with van der Waals surface area (Å²) in [5, 5.41) is 2.28. The van der Waals surface area contributed by atoms with Crippen molar-refractivity contribution in [2.45, 2.75) is 13.2 Å². The zero-order valence-electron chi connectivity index (χ0n) is 18.9. The van der Waals surface area contributed by atoms with Crippen LogP contribution in [0.15, 0.2) is 91.3 Å². The zero-order chi connectivity index (χ0) is 22.9. The van der Waals surface area contributed by atoms with Crippen molar-refractivity contribution in [3.8, 4) is 11.6 Å². The molecule has 0 spiro atoms. The van der Waals surface area contributed by atoms with Gasteiger partial charge < -0.3 is 18.6 Å². The topological polar surface area (TPSA) is 54.1 Å². The molecule has 168 valence electrons. The molecule has 0 aliphatic heterocycles.